The zero-order valence-corrected chi connectivity index (χ0v) is 17.3. The van der Waals surface area contributed by atoms with E-state index in [1.807, 2.05) is 38.1 Å². The van der Waals surface area contributed by atoms with Crippen LogP contribution in [0.25, 0.3) is 0 Å². The van der Waals surface area contributed by atoms with Gasteiger partial charge in [-0.2, -0.15) is 0 Å². The number of rotatable bonds is 6. The largest absolute Gasteiger partial charge is 0.497 e. The van der Waals surface area contributed by atoms with Crippen molar-refractivity contribution < 1.29 is 19.1 Å². The summed E-state index contributed by atoms with van der Waals surface area (Å²) < 4.78 is 10.3. The number of imidazole rings is 1. The number of amides is 2. The SMILES string of the molecule is CC[C@@H](C)[C@H](NC(=O)N1CCc2[nH]cnc2C1c1cccc(OC)c1)C(=O)OC. The number of H-pyrrole nitrogens is 1. The fraction of sp³-hybridized carbons (Fsp3) is 0.476. The van der Waals surface area contributed by atoms with Crippen LogP contribution in [0.5, 0.6) is 5.75 Å². The van der Waals surface area contributed by atoms with Gasteiger partial charge in [0.25, 0.3) is 0 Å². The van der Waals surface area contributed by atoms with E-state index in [0.29, 0.717) is 18.7 Å². The van der Waals surface area contributed by atoms with Gasteiger partial charge in [-0.05, 0) is 23.6 Å². The molecule has 2 aromatic rings. The number of hydrogen-bond donors (Lipinski definition) is 2. The predicted octanol–water partition coefficient (Wildman–Crippen LogP) is 2.66. The summed E-state index contributed by atoms with van der Waals surface area (Å²) in [6, 6.07) is 6.20. The van der Waals surface area contributed by atoms with E-state index < -0.39 is 12.0 Å². The van der Waals surface area contributed by atoms with E-state index in [-0.39, 0.29) is 18.0 Å². The average Bonchev–Trinajstić information content (AvgIpc) is 3.24. The van der Waals surface area contributed by atoms with E-state index in [4.69, 9.17) is 9.47 Å². The first-order valence-electron chi connectivity index (χ1n) is 9.81. The molecule has 8 nitrogen and oxygen atoms in total. The summed E-state index contributed by atoms with van der Waals surface area (Å²) in [6.45, 7) is 4.39. The van der Waals surface area contributed by atoms with Crippen molar-refractivity contribution in [2.75, 3.05) is 20.8 Å². The van der Waals surface area contributed by atoms with Crippen LogP contribution in [-0.4, -0.2) is 53.7 Å². The van der Waals surface area contributed by atoms with Crippen LogP contribution in [0.1, 0.15) is 43.3 Å². The summed E-state index contributed by atoms with van der Waals surface area (Å²) in [7, 11) is 2.94. The minimum atomic E-state index is -0.705. The second kappa shape index (κ2) is 8.98. The molecule has 2 amide bonds. The first-order chi connectivity index (χ1) is 14.0. The van der Waals surface area contributed by atoms with Gasteiger partial charge in [0.05, 0.1) is 26.2 Å². The number of benzene rings is 1. The van der Waals surface area contributed by atoms with Gasteiger partial charge < -0.3 is 24.7 Å². The Morgan fingerprint density at radius 3 is 2.86 bits per heavy atom. The Hall–Kier alpha value is -3.03. The number of aromatic amines is 1. The summed E-state index contributed by atoms with van der Waals surface area (Å²) in [5.74, 6) is 0.216. The molecule has 156 valence electrons. The highest BCUT2D eigenvalue weighted by atomic mass is 16.5. The summed E-state index contributed by atoms with van der Waals surface area (Å²) in [4.78, 5) is 34.8. The van der Waals surface area contributed by atoms with Crippen molar-refractivity contribution in [1.29, 1.82) is 0 Å². The molecule has 1 aliphatic rings. The van der Waals surface area contributed by atoms with Gasteiger partial charge in [0, 0.05) is 18.7 Å². The number of aromatic nitrogens is 2. The number of ether oxygens (including phenoxy) is 2. The Balaban J connectivity index is 1.93. The van der Waals surface area contributed by atoms with E-state index in [1.54, 1.807) is 18.3 Å². The van der Waals surface area contributed by atoms with Crippen LogP contribution in [0.2, 0.25) is 0 Å². The number of hydrogen-bond acceptors (Lipinski definition) is 5. The van der Waals surface area contributed by atoms with Crippen LogP contribution in [0, 0.1) is 5.92 Å². The van der Waals surface area contributed by atoms with Crippen molar-refractivity contribution in [3.8, 4) is 5.75 Å². The Morgan fingerprint density at radius 2 is 2.17 bits per heavy atom. The minimum absolute atomic E-state index is 0.0487. The second-order valence-corrected chi connectivity index (χ2v) is 7.22. The number of carbonyl (C=O) groups excluding carboxylic acids is 2. The third-order valence-electron chi connectivity index (χ3n) is 5.54. The van der Waals surface area contributed by atoms with Gasteiger partial charge >= 0.3 is 12.0 Å². The summed E-state index contributed by atoms with van der Waals surface area (Å²) in [5.41, 5.74) is 2.71. The molecule has 0 fully saturated rings. The van der Waals surface area contributed by atoms with E-state index >= 15 is 0 Å². The zero-order chi connectivity index (χ0) is 21.0. The molecular weight excluding hydrogens is 372 g/mol. The smallest absolute Gasteiger partial charge is 0.328 e. The quantitative estimate of drug-likeness (QED) is 0.727. The molecule has 29 heavy (non-hydrogen) atoms. The number of nitrogens with one attached hydrogen (secondary N) is 2. The van der Waals surface area contributed by atoms with Crippen LogP contribution >= 0.6 is 0 Å². The van der Waals surface area contributed by atoms with Gasteiger partial charge in [-0.25, -0.2) is 14.6 Å². The fourth-order valence-corrected chi connectivity index (χ4v) is 3.66. The Kier molecular flexibility index (Phi) is 6.41. The molecule has 0 aliphatic carbocycles. The standard InChI is InChI=1S/C21H28N4O4/c1-5-13(2)17(20(26)29-4)24-21(27)25-10-9-16-18(23-12-22-16)19(25)14-7-6-8-15(11-14)28-3/h6-8,11-13,17,19H,5,9-10H2,1-4H3,(H,22,23)(H,24,27)/t13-,17+,19?/m1/s1. The van der Waals surface area contributed by atoms with Crippen LogP contribution in [0.3, 0.4) is 0 Å². The van der Waals surface area contributed by atoms with Crippen molar-refractivity contribution in [3.63, 3.8) is 0 Å². The van der Waals surface area contributed by atoms with Crippen LogP contribution in [0.15, 0.2) is 30.6 Å². The van der Waals surface area contributed by atoms with E-state index in [2.05, 4.69) is 15.3 Å². The molecule has 0 saturated carbocycles. The number of carbonyl (C=O) groups is 2. The molecular formula is C21H28N4O4. The summed E-state index contributed by atoms with van der Waals surface area (Å²) in [6.07, 6.45) is 3.05. The van der Waals surface area contributed by atoms with Crippen LogP contribution in [-0.2, 0) is 16.0 Å². The van der Waals surface area contributed by atoms with Gasteiger partial charge in [0.2, 0.25) is 0 Å². The molecule has 1 aromatic carbocycles. The highest BCUT2D eigenvalue weighted by molar-refractivity contribution is 5.84. The lowest BCUT2D eigenvalue weighted by molar-refractivity contribution is -0.144. The van der Waals surface area contributed by atoms with Crippen molar-refractivity contribution in [2.24, 2.45) is 5.92 Å². The molecule has 1 unspecified atom stereocenters. The van der Waals surface area contributed by atoms with Crippen molar-refractivity contribution >= 4 is 12.0 Å². The maximum Gasteiger partial charge on any atom is 0.328 e. The van der Waals surface area contributed by atoms with Crippen molar-refractivity contribution in [1.82, 2.24) is 20.2 Å². The normalized spacial score (nSPS) is 17.8. The predicted molar refractivity (Wildman–Crippen MR) is 108 cm³/mol. The number of methoxy groups -OCH3 is 2. The van der Waals surface area contributed by atoms with Gasteiger partial charge in [0.15, 0.2) is 0 Å². The second-order valence-electron chi connectivity index (χ2n) is 7.22. The van der Waals surface area contributed by atoms with Crippen molar-refractivity contribution in [2.45, 2.75) is 38.8 Å². The first kappa shape index (κ1) is 20.7. The average molecular weight is 400 g/mol. The molecule has 0 spiro atoms. The highest BCUT2D eigenvalue weighted by Gasteiger charge is 2.36. The van der Waals surface area contributed by atoms with Gasteiger partial charge in [0.1, 0.15) is 17.8 Å². The fourth-order valence-electron chi connectivity index (χ4n) is 3.66. The molecule has 2 N–H and O–H groups in total. The first-order valence-corrected chi connectivity index (χ1v) is 9.81. The summed E-state index contributed by atoms with van der Waals surface area (Å²) >= 11 is 0. The lowest BCUT2D eigenvalue weighted by Crippen LogP contribution is -2.53. The number of urea groups is 1. The molecule has 0 radical (unpaired) electrons. The molecule has 1 aromatic heterocycles. The number of esters is 1. The molecule has 2 heterocycles. The molecule has 8 heteroatoms. The Bertz CT molecular complexity index is 866. The van der Waals surface area contributed by atoms with Crippen molar-refractivity contribution in [3.05, 3.63) is 47.5 Å². The monoisotopic (exact) mass is 400 g/mol. The maximum absolute atomic E-state index is 13.3. The van der Waals surface area contributed by atoms with Gasteiger partial charge in [-0.1, -0.05) is 32.4 Å². The third kappa shape index (κ3) is 4.21. The van der Waals surface area contributed by atoms with E-state index in [9.17, 15) is 9.59 Å². The topological polar surface area (TPSA) is 96.5 Å². The molecule has 0 bridgehead atoms. The van der Waals surface area contributed by atoms with Gasteiger partial charge in [-0.3, -0.25) is 0 Å². The molecule has 0 saturated heterocycles. The zero-order valence-electron chi connectivity index (χ0n) is 17.3. The number of fused-ring (bicyclic) bond motifs is 1. The molecule has 1 aliphatic heterocycles. The van der Waals surface area contributed by atoms with Crippen LogP contribution in [0.4, 0.5) is 4.79 Å². The lowest BCUT2D eigenvalue weighted by atomic mass is 9.95. The van der Waals surface area contributed by atoms with Crippen LogP contribution < -0.4 is 10.1 Å². The summed E-state index contributed by atoms with van der Waals surface area (Å²) in [5, 5.41) is 2.88. The number of nitrogens with zero attached hydrogens (tertiary/aromatic N) is 2. The van der Waals surface area contributed by atoms with E-state index in [1.165, 1.54) is 7.11 Å². The third-order valence-corrected chi connectivity index (χ3v) is 5.54. The maximum atomic E-state index is 13.3. The minimum Gasteiger partial charge on any atom is -0.497 e. The lowest BCUT2D eigenvalue weighted by Gasteiger charge is -2.36. The Labute approximate surface area is 170 Å². The Morgan fingerprint density at radius 1 is 1.38 bits per heavy atom. The highest BCUT2D eigenvalue weighted by Crippen LogP contribution is 2.34. The molecule has 3 rings (SSSR count). The van der Waals surface area contributed by atoms with E-state index in [0.717, 1.165) is 23.4 Å². The molecule has 3 atom stereocenters. The van der Waals surface area contributed by atoms with Gasteiger partial charge in [-0.15, -0.1) is 0 Å².